The van der Waals surface area contributed by atoms with Gasteiger partial charge in [-0.25, -0.2) is 4.98 Å². The fraction of sp³-hybridized carbons (Fsp3) is 0.733. The van der Waals surface area contributed by atoms with E-state index in [1.54, 1.807) is 11.3 Å². The molecule has 2 saturated heterocycles. The quantitative estimate of drug-likeness (QED) is 0.902. The van der Waals surface area contributed by atoms with E-state index in [1.807, 2.05) is 10.3 Å². The third kappa shape index (κ3) is 3.55. The Balaban J connectivity index is 1.43. The molecule has 0 atom stereocenters. The summed E-state index contributed by atoms with van der Waals surface area (Å²) < 4.78 is 0. The largest absolute Gasteiger partial charge is 0.390 e. The van der Waals surface area contributed by atoms with Crippen LogP contribution in [0, 0.1) is 5.92 Å². The van der Waals surface area contributed by atoms with Crippen LogP contribution in [0.15, 0.2) is 5.38 Å². The van der Waals surface area contributed by atoms with E-state index >= 15 is 0 Å². The van der Waals surface area contributed by atoms with Gasteiger partial charge in [0.1, 0.15) is 0 Å². The van der Waals surface area contributed by atoms with Crippen molar-refractivity contribution in [1.29, 1.82) is 0 Å². The van der Waals surface area contributed by atoms with Gasteiger partial charge in [-0.1, -0.05) is 0 Å². The molecule has 2 fully saturated rings. The van der Waals surface area contributed by atoms with Crippen molar-refractivity contribution in [2.75, 3.05) is 31.1 Å². The lowest BCUT2D eigenvalue weighted by Crippen LogP contribution is -2.35. The number of aromatic nitrogens is 1. The van der Waals surface area contributed by atoms with E-state index in [0.717, 1.165) is 62.2 Å². The fourth-order valence-electron chi connectivity index (χ4n) is 3.21. The Labute approximate surface area is 129 Å². The summed E-state index contributed by atoms with van der Waals surface area (Å²) in [6.07, 6.45) is 5.27. The summed E-state index contributed by atoms with van der Waals surface area (Å²) in [4.78, 5) is 20.4. The molecule has 5 nitrogen and oxygen atoms in total. The van der Waals surface area contributed by atoms with E-state index in [9.17, 15) is 4.79 Å². The van der Waals surface area contributed by atoms with E-state index in [-0.39, 0.29) is 6.61 Å². The molecule has 6 heteroatoms. The smallest absolute Gasteiger partial charge is 0.222 e. The normalized spacial score (nSPS) is 20.5. The zero-order valence-electron chi connectivity index (χ0n) is 12.3. The molecule has 0 aromatic carbocycles. The van der Waals surface area contributed by atoms with Crippen molar-refractivity contribution in [3.8, 4) is 0 Å². The second-order valence-electron chi connectivity index (χ2n) is 5.98. The van der Waals surface area contributed by atoms with Crippen molar-refractivity contribution in [1.82, 2.24) is 9.88 Å². The van der Waals surface area contributed by atoms with Crippen molar-refractivity contribution in [2.24, 2.45) is 5.92 Å². The molecule has 1 aromatic heterocycles. The Morgan fingerprint density at radius 2 is 2.14 bits per heavy atom. The molecule has 1 amide bonds. The van der Waals surface area contributed by atoms with Gasteiger partial charge in [-0.2, -0.15) is 0 Å². The predicted molar refractivity (Wildman–Crippen MR) is 83.4 cm³/mol. The Morgan fingerprint density at radius 1 is 1.33 bits per heavy atom. The number of carbonyl (C=O) groups excluding carboxylic acids is 1. The van der Waals surface area contributed by atoms with Crippen LogP contribution in [0.5, 0.6) is 0 Å². The molecule has 0 unspecified atom stereocenters. The number of rotatable bonds is 5. The molecule has 2 aliphatic heterocycles. The summed E-state index contributed by atoms with van der Waals surface area (Å²) >= 11 is 1.62. The van der Waals surface area contributed by atoms with Crippen LogP contribution in [-0.4, -0.2) is 47.1 Å². The maximum Gasteiger partial charge on any atom is 0.222 e. The molecule has 116 valence electrons. The fourth-order valence-corrected chi connectivity index (χ4v) is 4.08. The van der Waals surface area contributed by atoms with E-state index < -0.39 is 0 Å². The standard InChI is InChI=1S/C15H23N3O2S/c19-10-13-11-21-15(16-13)18-8-4-12(5-9-18)3-7-17-6-1-2-14(17)20/h11-12,19H,1-10H2. The van der Waals surface area contributed by atoms with E-state index in [2.05, 4.69) is 9.88 Å². The van der Waals surface area contributed by atoms with Crippen LogP contribution < -0.4 is 4.90 Å². The highest BCUT2D eigenvalue weighted by molar-refractivity contribution is 7.13. The Kier molecular flexibility index (Phi) is 4.75. The maximum atomic E-state index is 11.6. The van der Waals surface area contributed by atoms with Crippen molar-refractivity contribution in [3.05, 3.63) is 11.1 Å². The molecule has 1 aromatic rings. The Hall–Kier alpha value is -1.14. The molecular formula is C15H23N3O2S. The number of nitrogens with zero attached hydrogens (tertiary/aromatic N) is 3. The molecule has 3 heterocycles. The number of hydrogen-bond acceptors (Lipinski definition) is 5. The average Bonchev–Trinajstić information content (AvgIpc) is 3.14. The highest BCUT2D eigenvalue weighted by atomic mass is 32.1. The number of aliphatic hydroxyl groups is 1. The van der Waals surface area contributed by atoms with Gasteiger partial charge in [0.2, 0.25) is 5.91 Å². The number of thiazole rings is 1. The number of amides is 1. The van der Waals surface area contributed by atoms with Crippen LogP contribution in [0.25, 0.3) is 0 Å². The van der Waals surface area contributed by atoms with Gasteiger partial charge in [-0.05, 0) is 31.6 Å². The monoisotopic (exact) mass is 309 g/mol. The molecule has 3 rings (SSSR count). The molecule has 0 radical (unpaired) electrons. The summed E-state index contributed by atoms with van der Waals surface area (Å²) in [6.45, 7) is 4.00. The van der Waals surface area contributed by atoms with Gasteiger partial charge in [-0.3, -0.25) is 4.79 Å². The van der Waals surface area contributed by atoms with Gasteiger partial charge in [0.25, 0.3) is 0 Å². The zero-order chi connectivity index (χ0) is 14.7. The van der Waals surface area contributed by atoms with E-state index in [0.29, 0.717) is 5.91 Å². The predicted octanol–water partition coefficient (Wildman–Crippen LogP) is 1.86. The van der Waals surface area contributed by atoms with Crippen molar-refractivity contribution < 1.29 is 9.90 Å². The second kappa shape index (κ2) is 6.75. The van der Waals surface area contributed by atoms with Crippen molar-refractivity contribution in [2.45, 2.75) is 38.7 Å². The lowest BCUT2D eigenvalue weighted by Gasteiger charge is -2.32. The Morgan fingerprint density at radius 3 is 2.76 bits per heavy atom. The van der Waals surface area contributed by atoms with Crippen LogP contribution in [0.2, 0.25) is 0 Å². The van der Waals surface area contributed by atoms with E-state index in [4.69, 9.17) is 5.11 Å². The third-order valence-corrected chi connectivity index (χ3v) is 5.52. The van der Waals surface area contributed by atoms with Gasteiger partial charge in [0.05, 0.1) is 12.3 Å². The number of hydrogen-bond donors (Lipinski definition) is 1. The number of anilines is 1. The zero-order valence-corrected chi connectivity index (χ0v) is 13.1. The third-order valence-electron chi connectivity index (χ3n) is 4.57. The van der Waals surface area contributed by atoms with Gasteiger partial charge in [0, 0.05) is 38.0 Å². The van der Waals surface area contributed by atoms with E-state index in [1.165, 1.54) is 12.8 Å². The molecule has 1 N–H and O–H groups in total. The lowest BCUT2D eigenvalue weighted by atomic mass is 9.93. The van der Waals surface area contributed by atoms with Crippen LogP contribution in [0.1, 0.15) is 37.8 Å². The first-order chi connectivity index (χ1) is 10.3. The maximum absolute atomic E-state index is 11.6. The van der Waals surface area contributed by atoms with Crippen LogP contribution >= 0.6 is 11.3 Å². The molecule has 21 heavy (non-hydrogen) atoms. The second-order valence-corrected chi connectivity index (χ2v) is 6.82. The lowest BCUT2D eigenvalue weighted by molar-refractivity contribution is -0.127. The van der Waals surface area contributed by atoms with Crippen LogP contribution in [0.4, 0.5) is 5.13 Å². The first kappa shape index (κ1) is 14.8. The van der Waals surface area contributed by atoms with Gasteiger partial charge >= 0.3 is 0 Å². The van der Waals surface area contributed by atoms with Crippen molar-refractivity contribution in [3.63, 3.8) is 0 Å². The first-order valence-corrected chi connectivity index (χ1v) is 8.72. The number of aliphatic hydroxyl groups excluding tert-OH is 1. The van der Waals surface area contributed by atoms with Gasteiger partial charge in [0.15, 0.2) is 5.13 Å². The van der Waals surface area contributed by atoms with Crippen LogP contribution in [0.3, 0.4) is 0 Å². The molecule has 2 aliphatic rings. The summed E-state index contributed by atoms with van der Waals surface area (Å²) in [5, 5.41) is 12.0. The molecular weight excluding hydrogens is 286 g/mol. The highest BCUT2D eigenvalue weighted by Gasteiger charge is 2.24. The van der Waals surface area contributed by atoms with Crippen LogP contribution in [-0.2, 0) is 11.4 Å². The molecule has 0 aliphatic carbocycles. The SMILES string of the molecule is O=C1CCCN1CCC1CCN(c2nc(CO)cs2)CC1. The summed E-state index contributed by atoms with van der Waals surface area (Å²) in [6, 6.07) is 0. The molecule has 0 spiro atoms. The average molecular weight is 309 g/mol. The molecule has 0 bridgehead atoms. The topological polar surface area (TPSA) is 56.7 Å². The molecule has 0 saturated carbocycles. The number of likely N-dealkylation sites (tertiary alicyclic amines) is 1. The number of piperidine rings is 1. The highest BCUT2D eigenvalue weighted by Crippen LogP contribution is 2.28. The summed E-state index contributed by atoms with van der Waals surface area (Å²) in [5.74, 6) is 1.07. The Bertz CT molecular complexity index is 483. The minimum atomic E-state index is 0.0246. The summed E-state index contributed by atoms with van der Waals surface area (Å²) in [7, 11) is 0. The van der Waals surface area contributed by atoms with Gasteiger partial charge < -0.3 is 14.9 Å². The minimum Gasteiger partial charge on any atom is -0.390 e. The van der Waals surface area contributed by atoms with Gasteiger partial charge in [-0.15, -0.1) is 11.3 Å². The first-order valence-electron chi connectivity index (χ1n) is 7.84. The minimum absolute atomic E-state index is 0.0246. The number of carbonyl (C=O) groups is 1. The summed E-state index contributed by atoms with van der Waals surface area (Å²) in [5.41, 5.74) is 0.768. The van der Waals surface area contributed by atoms with Crippen molar-refractivity contribution >= 4 is 22.4 Å².